The highest BCUT2D eigenvalue weighted by atomic mass is 32.1. The van der Waals surface area contributed by atoms with Crippen LogP contribution in [0.25, 0.3) is 0 Å². The fourth-order valence-electron chi connectivity index (χ4n) is 1.22. The zero-order valence-corrected chi connectivity index (χ0v) is 12.1. The summed E-state index contributed by atoms with van der Waals surface area (Å²) in [6, 6.07) is 0.499. The second kappa shape index (κ2) is 5.28. The maximum Gasteiger partial charge on any atom is 0.107 e. The van der Waals surface area contributed by atoms with E-state index in [-0.39, 0.29) is 0 Å². The number of rotatable bonds is 4. The van der Waals surface area contributed by atoms with Gasteiger partial charge in [0.15, 0.2) is 0 Å². The van der Waals surface area contributed by atoms with Crippen LogP contribution in [0, 0.1) is 5.41 Å². The van der Waals surface area contributed by atoms with Crippen molar-refractivity contribution in [2.75, 3.05) is 0 Å². The van der Waals surface area contributed by atoms with Gasteiger partial charge in [0, 0.05) is 23.7 Å². The van der Waals surface area contributed by atoms with E-state index in [0.717, 1.165) is 6.54 Å². The minimum Gasteiger partial charge on any atom is -0.307 e. The van der Waals surface area contributed by atoms with Crippen LogP contribution in [0.15, 0.2) is 6.20 Å². The molecule has 0 radical (unpaired) electrons. The van der Waals surface area contributed by atoms with Crippen molar-refractivity contribution >= 4 is 11.3 Å². The Morgan fingerprint density at radius 1 is 1.31 bits per heavy atom. The van der Waals surface area contributed by atoms with Gasteiger partial charge in [0.1, 0.15) is 5.01 Å². The predicted octanol–water partition coefficient (Wildman–Crippen LogP) is 3.79. The molecule has 0 aliphatic heterocycles. The van der Waals surface area contributed by atoms with E-state index in [2.05, 4.69) is 51.8 Å². The second-order valence-electron chi connectivity index (χ2n) is 5.78. The largest absolute Gasteiger partial charge is 0.307 e. The Balaban J connectivity index is 2.49. The summed E-state index contributed by atoms with van der Waals surface area (Å²) in [5.41, 5.74) is 0.304. The van der Waals surface area contributed by atoms with Gasteiger partial charge in [0.05, 0.1) is 0 Å². The maximum atomic E-state index is 4.45. The monoisotopic (exact) mass is 240 g/mol. The van der Waals surface area contributed by atoms with Gasteiger partial charge in [-0.05, 0) is 18.3 Å². The number of nitrogens with one attached hydrogen (secondary N) is 1. The maximum absolute atomic E-state index is 4.45. The summed E-state index contributed by atoms with van der Waals surface area (Å²) >= 11 is 1.82. The summed E-state index contributed by atoms with van der Waals surface area (Å²) in [6.07, 6.45) is 2.01. The quantitative estimate of drug-likeness (QED) is 0.866. The second-order valence-corrected chi connectivity index (χ2v) is 6.93. The number of thiazole rings is 1. The fourth-order valence-corrected chi connectivity index (χ4v) is 2.09. The minimum absolute atomic E-state index is 0.304. The van der Waals surface area contributed by atoms with Crippen molar-refractivity contribution < 1.29 is 0 Å². The van der Waals surface area contributed by atoms with Crippen molar-refractivity contribution in [2.24, 2.45) is 5.41 Å². The van der Waals surface area contributed by atoms with Gasteiger partial charge in [0.2, 0.25) is 0 Å². The van der Waals surface area contributed by atoms with Crippen LogP contribution in [0.5, 0.6) is 0 Å². The molecule has 0 amide bonds. The zero-order valence-electron chi connectivity index (χ0n) is 11.3. The molecule has 0 aromatic carbocycles. The fraction of sp³-hybridized carbons (Fsp3) is 0.769. The third-order valence-corrected chi connectivity index (χ3v) is 4.30. The van der Waals surface area contributed by atoms with E-state index in [0.29, 0.717) is 17.4 Å². The molecule has 0 aliphatic carbocycles. The Hall–Kier alpha value is -0.410. The molecule has 1 unspecified atom stereocenters. The van der Waals surface area contributed by atoms with E-state index in [9.17, 15) is 0 Å². The summed E-state index contributed by atoms with van der Waals surface area (Å²) in [5.74, 6) is 0.589. The average Bonchev–Trinajstić information content (AvgIpc) is 2.60. The topological polar surface area (TPSA) is 24.9 Å². The van der Waals surface area contributed by atoms with Gasteiger partial charge in [-0.1, -0.05) is 34.6 Å². The molecule has 0 saturated carbocycles. The van der Waals surface area contributed by atoms with Crippen molar-refractivity contribution in [2.45, 2.75) is 60.0 Å². The van der Waals surface area contributed by atoms with E-state index < -0.39 is 0 Å². The predicted molar refractivity (Wildman–Crippen MR) is 72.0 cm³/mol. The summed E-state index contributed by atoms with van der Waals surface area (Å²) in [5, 5.41) is 4.73. The van der Waals surface area contributed by atoms with Gasteiger partial charge in [-0.15, -0.1) is 11.3 Å². The first kappa shape index (κ1) is 13.7. The Morgan fingerprint density at radius 2 is 1.94 bits per heavy atom. The van der Waals surface area contributed by atoms with Crippen LogP contribution >= 0.6 is 11.3 Å². The van der Waals surface area contributed by atoms with Crippen molar-refractivity contribution in [1.82, 2.24) is 10.3 Å². The van der Waals surface area contributed by atoms with Gasteiger partial charge < -0.3 is 5.32 Å². The standard InChI is InChI=1S/C13H24N2S/c1-9(2)11-7-15-12(16-11)8-14-10(3)13(4,5)6/h7,9-10,14H,8H2,1-6H3. The number of hydrogen-bond acceptors (Lipinski definition) is 3. The third-order valence-electron chi connectivity index (χ3n) is 3.00. The highest BCUT2D eigenvalue weighted by Crippen LogP contribution is 2.23. The molecule has 1 rings (SSSR count). The molecule has 0 fully saturated rings. The number of aromatic nitrogens is 1. The molecule has 0 spiro atoms. The molecule has 1 aromatic heterocycles. The van der Waals surface area contributed by atoms with E-state index in [1.165, 1.54) is 9.88 Å². The highest BCUT2D eigenvalue weighted by Gasteiger charge is 2.19. The molecule has 1 atom stereocenters. The van der Waals surface area contributed by atoms with Gasteiger partial charge in [0.25, 0.3) is 0 Å². The lowest BCUT2D eigenvalue weighted by atomic mass is 9.88. The SMILES string of the molecule is CC(C)c1cnc(CNC(C)C(C)(C)C)s1. The molecule has 1 N–H and O–H groups in total. The minimum atomic E-state index is 0.304. The molecular weight excluding hydrogens is 216 g/mol. The molecule has 1 aromatic rings. The normalized spacial score (nSPS) is 14.4. The van der Waals surface area contributed by atoms with Crippen LogP contribution < -0.4 is 5.32 Å². The molecular formula is C13H24N2S. The van der Waals surface area contributed by atoms with Crippen LogP contribution in [0.3, 0.4) is 0 Å². The lowest BCUT2D eigenvalue weighted by Crippen LogP contribution is -2.37. The van der Waals surface area contributed by atoms with E-state index in [4.69, 9.17) is 0 Å². The highest BCUT2D eigenvalue weighted by molar-refractivity contribution is 7.11. The lowest BCUT2D eigenvalue weighted by Gasteiger charge is -2.27. The van der Waals surface area contributed by atoms with E-state index in [1.807, 2.05) is 17.5 Å². The van der Waals surface area contributed by atoms with Crippen LogP contribution in [-0.2, 0) is 6.54 Å². The number of hydrogen-bond donors (Lipinski definition) is 1. The van der Waals surface area contributed by atoms with Gasteiger partial charge in [-0.2, -0.15) is 0 Å². The van der Waals surface area contributed by atoms with E-state index >= 15 is 0 Å². The molecule has 1 heterocycles. The van der Waals surface area contributed by atoms with Crippen LogP contribution in [0.2, 0.25) is 0 Å². The zero-order chi connectivity index (χ0) is 12.3. The Bertz CT molecular complexity index is 323. The van der Waals surface area contributed by atoms with Crippen LogP contribution in [0.4, 0.5) is 0 Å². The molecule has 0 bridgehead atoms. The smallest absolute Gasteiger partial charge is 0.107 e. The van der Waals surface area contributed by atoms with Crippen molar-refractivity contribution in [3.8, 4) is 0 Å². The Morgan fingerprint density at radius 3 is 2.38 bits per heavy atom. The molecule has 2 nitrogen and oxygen atoms in total. The van der Waals surface area contributed by atoms with Gasteiger partial charge >= 0.3 is 0 Å². The average molecular weight is 240 g/mol. The van der Waals surface area contributed by atoms with Crippen molar-refractivity contribution in [3.05, 3.63) is 16.1 Å². The van der Waals surface area contributed by atoms with Crippen molar-refractivity contribution in [1.29, 1.82) is 0 Å². The molecule has 0 aliphatic rings. The molecule has 0 saturated heterocycles. The molecule has 3 heteroatoms. The number of nitrogens with zero attached hydrogens (tertiary/aromatic N) is 1. The van der Waals surface area contributed by atoms with Crippen LogP contribution in [0.1, 0.15) is 57.3 Å². The lowest BCUT2D eigenvalue weighted by molar-refractivity contribution is 0.285. The molecule has 92 valence electrons. The summed E-state index contributed by atoms with van der Waals surface area (Å²) in [7, 11) is 0. The van der Waals surface area contributed by atoms with Gasteiger partial charge in [-0.3, -0.25) is 0 Å². The first-order valence-electron chi connectivity index (χ1n) is 5.98. The Labute approximate surface area is 103 Å². The first-order valence-corrected chi connectivity index (χ1v) is 6.80. The Kier molecular flexibility index (Phi) is 4.51. The summed E-state index contributed by atoms with van der Waals surface area (Å²) in [4.78, 5) is 5.82. The van der Waals surface area contributed by atoms with Gasteiger partial charge in [-0.25, -0.2) is 4.98 Å². The van der Waals surface area contributed by atoms with Crippen LogP contribution in [-0.4, -0.2) is 11.0 Å². The first-order chi connectivity index (χ1) is 7.30. The van der Waals surface area contributed by atoms with E-state index in [1.54, 1.807) is 0 Å². The van der Waals surface area contributed by atoms with Crippen molar-refractivity contribution in [3.63, 3.8) is 0 Å². The molecule has 16 heavy (non-hydrogen) atoms. The summed E-state index contributed by atoms with van der Waals surface area (Å²) in [6.45, 7) is 14.3. The third kappa shape index (κ3) is 3.87. The summed E-state index contributed by atoms with van der Waals surface area (Å²) < 4.78 is 0.